The molecule has 1 aliphatic rings. The lowest BCUT2D eigenvalue weighted by Gasteiger charge is -2.34. The van der Waals surface area contributed by atoms with E-state index < -0.39 is 17.2 Å². The normalized spacial score (nSPS) is 15.6. The van der Waals surface area contributed by atoms with Crippen LogP contribution in [-0.4, -0.2) is 70.2 Å². The Kier molecular flexibility index (Phi) is 7.21. The number of amides is 2. The molecule has 1 aromatic rings. The Labute approximate surface area is 179 Å². The molecule has 0 radical (unpaired) electrons. The van der Waals surface area contributed by atoms with Crippen molar-refractivity contribution in [1.29, 1.82) is 0 Å². The molecule has 1 aromatic heterocycles. The minimum Gasteiger partial charge on any atom is -0.459 e. The number of carbonyl (C=O) groups is 3. The second kappa shape index (κ2) is 9.10. The summed E-state index contributed by atoms with van der Waals surface area (Å²) in [6.07, 6.45) is 3.03. The van der Waals surface area contributed by atoms with Crippen LogP contribution in [0.5, 0.6) is 0 Å². The molecule has 2 heterocycles. The van der Waals surface area contributed by atoms with Gasteiger partial charge in [-0.05, 0) is 66.5 Å². The van der Waals surface area contributed by atoms with Crippen LogP contribution in [0.4, 0.5) is 4.79 Å². The monoisotopic (exact) mass is 421 g/mol. The van der Waals surface area contributed by atoms with E-state index in [-0.39, 0.29) is 24.6 Å². The molecule has 1 saturated heterocycles. The van der Waals surface area contributed by atoms with Crippen LogP contribution < -0.4 is 0 Å². The average Bonchev–Trinajstić information content (AvgIpc) is 3.07. The summed E-state index contributed by atoms with van der Waals surface area (Å²) in [5.41, 5.74) is -0.590. The van der Waals surface area contributed by atoms with Gasteiger partial charge in [0, 0.05) is 32.4 Å². The van der Waals surface area contributed by atoms with Gasteiger partial charge in [-0.3, -0.25) is 9.59 Å². The van der Waals surface area contributed by atoms with Crippen LogP contribution in [0.25, 0.3) is 0 Å². The first-order chi connectivity index (χ1) is 13.8. The third-order valence-corrected chi connectivity index (χ3v) is 4.64. The lowest BCUT2D eigenvalue weighted by atomic mass is 10.0. The van der Waals surface area contributed by atoms with Gasteiger partial charge < -0.3 is 23.8 Å². The smallest absolute Gasteiger partial charge is 0.410 e. The Morgan fingerprint density at radius 3 is 2.13 bits per heavy atom. The van der Waals surface area contributed by atoms with Gasteiger partial charge in [-0.15, -0.1) is 0 Å². The Morgan fingerprint density at radius 1 is 1.03 bits per heavy atom. The molecular formula is C22H35N3O5. The Balaban J connectivity index is 1.98. The van der Waals surface area contributed by atoms with Crippen LogP contribution in [0, 0.1) is 0 Å². The Morgan fingerprint density at radius 2 is 1.60 bits per heavy atom. The molecule has 30 heavy (non-hydrogen) atoms. The number of nitrogens with zero attached hydrogens (tertiary/aromatic N) is 3. The molecule has 2 amide bonds. The topological polar surface area (TPSA) is 81.1 Å². The predicted molar refractivity (Wildman–Crippen MR) is 113 cm³/mol. The number of carbonyl (C=O) groups excluding carboxylic acids is 3. The number of hydrogen-bond donors (Lipinski definition) is 0. The van der Waals surface area contributed by atoms with Crippen LogP contribution in [0.15, 0.2) is 18.3 Å². The highest BCUT2D eigenvalue weighted by molar-refractivity contribution is 5.94. The maximum Gasteiger partial charge on any atom is 0.410 e. The van der Waals surface area contributed by atoms with Crippen molar-refractivity contribution in [3.63, 3.8) is 0 Å². The molecule has 0 atom stereocenters. The SMILES string of the molecule is CN(CC(=O)OC(C)(C)C)C(=O)c1cccn1C1CCN(C(=O)OC(C)(C)C)CC1. The summed E-state index contributed by atoms with van der Waals surface area (Å²) in [4.78, 5) is 40.3. The summed E-state index contributed by atoms with van der Waals surface area (Å²) in [6, 6.07) is 3.69. The molecular weight excluding hydrogens is 386 g/mol. The minimum atomic E-state index is -0.594. The molecule has 2 rings (SSSR count). The fourth-order valence-corrected chi connectivity index (χ4v) is 3.38. The van der Waals surface area contributed by atoms with E-state index in [0.717, 1.165) is 12.8 Å². The van der Waals surface area contributed by atoms with Crippen molar-refractivity contribution in [2.45, 2.75) is 71.6 Å². The third-order valence-electron chi connectivity index (χ3n) is 4.64. The molecule has 0 aromatic carbocycles. The highest BCUT2D eigenvalue weighted by Crippen LogP contribution is 2.26. The third kappa shape index (κ3) is 6.78. The van der Waals surface area contributed by atoms with Crippen molar-refractivity contribution in [3.05, 3.63) is 24.0 Å². The quantitative estimate of drug-likeness (QED) is 0.696. The lowest BCUT2D eigenvalue weighted by Crippen LogP contribution is -2.42. The van der Waals surface area contributed by atoms with Crippen LogP contribution in [0.3, 0.4) is 0 Å². The van der Waals surface area contributed by atoms with Gasteiger partial charge in [0.15, 0.2) is 0 Å². The standard InChI is InChI=1S/C22H35N3O5/c1-21(2,3)29-18(26)15-23(7)19(27)17-9-8-12-25(17)16-10-13-24(14-11-16)20(28)30-22(4,5)6/h8-9,12,16H,10-11,13-15H2,1-7H3. The van der Waals surface area contributed by atoms with Gasteiger partial charge in [0.1, 0.15) is 23.4 Å². The molecule has 168 valence electrons. The molecule has 0 spiro atoms. The van der Waals surface area contributed by atoms with E-state index >= 15 is 0 Å². The van der Waals surface area contributed by atoms with Crippen molar-refractivity contribution in [2.75, 3.05) is 26.7 Å². The van der Waals surface area contributed by atoms with E-state index in [1.807, 2.05) is 37.6 Å². The number of hydrogen-bond acceptors (Lipinski definition) is 5. The molecule has 8 nitrogen and oxygen atoms in total. The van der Waals surface area contributed by atoms with Crippen LogP contribution in [0.1, 0.15) is 70.9 Å². The lowest BCUT2D eigenvalue weighted by molar-refractivity contribution is -0.155. The van der Waals surface area contributed by atoms with Crippen LogP contribution in [-0.2, 0) is 14.3 Å². The zero-order chi connectivity index (χ0) is 22.7. The zero-order valence-electron chi connectivity index (χ0n) is 19.2. The number of rotatable bonds is 4. The van der Waals surface area contributed by atoms with Crippen molar-refractivity contribution in [3.8, 4) is 0 Å². The molecule has 8 heteroatoms. The van der Waals surface area contributed by atoms with E-state index in [0.29, 0.717) is 18.8 Å². The van der Waals surface area contributed by atoms with Crippen molar-refractivity contribution in [1.82, 2.24) is 14.4 Å². The second-order valence-electron chi connectivity index (χ2n) is 9.75. The van der Waals surface area contributed by atoms with E-state index in [2.05, 4.69) is 0 Å². The van der Waals surface area contributed by atoms with Gasteiger partial charge >= 0.3 is 12.1 Å². The van der Waals surface area contributed by atoms with E-state index in [1.165, 1.54) is 4.90 Å². The Bertz CT molecular complexity index is 764. The molecule has 1 fully saturated rings. The number of likely N-dealkylation sites (tertiary alicyclic amines) is 1. The summed E-state index contributed by atoms with van der Waals surface area (Å²) >= 11 is 0. The summed E-state index contributed by atoms with van der Waals surface area (Å²) < 4.78 is 12.7. The number of aromatic nitrogens is 1. The number of ether oxygens (including phenoxy) is 2. The van der Waals surface area contributed by atoms with Crippen molar-refractivity contribution in [2.24, 2.45) is 0 Å². The zero-order valence-corrected chi connectivity index (χ0v) is 19.2. The first kappa shape index (κ1) is 23.8. The fourth-order valence-electron chi connectivity index (χ4n) is 3.38. The maximum absolute atomic E-state index is 12.9. The number of piperidine rings is 1. The fraction of sp³-hybridized carbons (Fsp3) is 0.682. The summed E-state index contributed by atoms with van der Waals surface area (Å²) in [7, 11) is 1.59. The molecule has 0 N–H and O–H groups in total. The van der Waals surface area contributed by atoms with Crippen molar-refractivity contribution < 1.29 is 23.9 Å². The number of likely N-dealkylation sites (N-methyl/N-ethyl adjacent to an activating group) is 1. The summed E-state index contributed by atoms with van der Waals surface area (Å²) in [5, 5.41) is 0. The van der Waals surface area contributed by atoms with E-state index in [9.17, 15) is 14.4 Å². The highest BCUT2D eigenvalue weighted by atomic mass is 16.6. The van der Waals surface area contributed by atoms with E-state index in [4.69, 9.17) is 9.47 Å². The van der Waals surface area contributed by atoms with Gasteiger partial charge in [-0.25, -0.2) is 4.79 Å². The first-order valence-electron chi connectivity index (χ1n) is 10.4. The van der Waals surface area contributed by atoms with Gasteiger partial charge in [-0.1, -0.05) is 0 Å². The summed E-state index contributed by atoms with van der Waals surface area (Å²) in [6.45, 7) is 12.0. The highest BCUT2D eigenvalue weighted by Gasteiger charge is 2.29. The van der Waals surface area contributed by atoms with Gasteiger partial charge in [0.25, 0.3) is 5.91 Å². The average molecular weight is 422 g/mol. The molecule has 0 bridgehead atoms. The minimum absolute atomic E-state index is 0.104. The van der Waals surface area contributed by atoms with Crippen LogP contribution >= 0.6 is 0 Å². The molecule has 0 aliphatic carbocycles. The molecule has 0 unspecified atom stereocenters. The van der Waals surface area contributed by atoms with Gasteiger partial charge in [0.2, 0.25) is 0 Å². The maximum atomic E-state index is 12.9. The molecule has 0 saturated carbocycles. The van der Waals surface area contributed by atoms with Crippen LogP contribution in [0.2, 0.25) is 0 Å². The first-order valence-corrected chi connectivity index (χ1v) is 10.4. The van der Waals surface area contributed by atoms with Gasteiger partial charge in [-0.2, -0.15) is 0 Å². The van der Waals surface area contributed by atoms with E-state index in [1.54, 1.807) is 38.8 Å². The van der Waals surface area contributed by atoms with Crippen molar-refractivity contribution >= 4 is 18.0 Å². The molecule has 1 aliphatic heterocycles. The largest absolute Gasteiger partial charge is 0.459 e. The summed E-state index contributed by atoms with van der Waals surface area (Å²) in [5.74, 6) is -0.678. The second-order valence-corrected chi connectivity index (χ2v) is 9.75. The number of esters is 1. The Hall–Kier alpha value is -2.51. The predicted octanol–water partition coefficient (Wildman–Crippen LogP) is 3.47. The van der Waals surface area contributed by atoms with Gasteiger partial charge in [0.05, 0.1) is 0 Å².